The maximum atomic E-state index is 11.6. The Balaban J connectivity index is 2.32. The van der Waals surface area contributed by atoms with Gasteiger partial charge in [0.1, 0.15) is 0 Å². The summed E-state index contributed by atoms with van der Waals surface area (Å²) in [5, 5.41) is 0. The number of rotatable bonds is 6. The molecule has 1 heterocycles. The molecule has 0 radical (unpaired) electrons. The Kier molecular flexibility index (Phi) is 5.55. The molecule has 1 saturated heterocycles. The number of piperazine rings is 1. The van der Waals surface area contributed by atoms with Crippen molar-refractivity contribution in [3.05, 3.63) is 0 Å². The van der Waals surface area contributed by atoms with Crippen LogP contribution in [0.4, 0.5) is 0 Å². The van der Waals surface area contributed by atoms with E-state index in [0.29, 0.717) is 32.2 Å². The van der Waals surface area contributed by atoms with Gasteiger partial charge in [-0.15, -0.1) is 11.6 Å². The predicted octanol–water partition coefficient (Wildman–Crippen LogP) is -0.0675. The second-order valence-electron chi connectivity index (χ2n) is 3.52. The average molecular weight is 249 g/mol. The molecule has 0 aliphatic carbocycles. The highest BCUT2D eigenvalue weighted by atomic mass is 35.5. The first-order valence-corrected chi connectivity index (χ1v) is 5.91. The molecule has 16 heavy (non-hydrogen) atoms. The van der Waals surface area contributed by atoms with Crippen molar-refractivity contribution < 1.29 is 14.3 Å². The summed E-state index contributed by atoms with van der Waals surface area (Å²) in [7, 11) is 0. The predicted molar refractivity (Wildman–Crippen MR) is 60.4 cm³/mol. The number of carbonyl (C=O) groups is 2. The van der Waals surface area contributed by atoms with Crippen LogP contribution in [-0.4, -0.2) is 66.9 Å². The molecule has 0 bridgehead atoms. The van der Waals surface area contributed by atoms with Crippen LogP contribution in [0.25, 0.3) is 0 Å². The summed E-state index contributed by atoms with van der Waals surface area (Å²) < 4.78 is 5.17. The minimum atomic E-state index is -0.0177. The average Bonchev–Trinajstić information content (AvgIpc) is 2.28. The Labute approximate surface area is 100 Å². The van der Waals surface area contributed by atoms with E-state index in [-0.39, 0.29) is 24.9 Å². The molecule has 0 unspecified atom stereocenters. The lowest BCUT2D eigenvalue weighted by atomic mass is 10.3. The van der Waals surface area contributed by atoms with Gasteiger partial charge in [-0.25, -0.2) is 0 Å². The number of amides is 2. The zero-order valence-electron chi connectivity index (χ0n) is 9.45. The van der Waals surface area contributed by atoms with Gasteiger partial charge in [0.2, 0.25) is 11.8 Å². The van der Waals surface area contributed by atoms with Crippen LogP contribution in [0.5, 0.6) is 0 Å². The Hall–Kier alpha value is -0.810. The van der Waals surface area contributed by atoms with E-state index in [9.17, 15) is 9.59 Å². The van der Waals surface area contributed by atoms with Crippen molar-refractivity contribution in [3.63, 3.8) is 0 Å². The van der Waals surface area contributed by atoms with Gasteiger partial charge >= 0.3 is 0 Å². The highest BCUT2D eigenvalue weighted by Gasteiger charge is 2.28. The fourth-order valence-corrected chi connectivity index (χ4v) is 1.64. The molecule has 1 fully saturated rings. The van der Waals surface area contributed by atoms with Gasteiger partial charge in [-0.3, -0.25) is 9.59 Å². The molecule has 1 aliphatic heterocycles. The van der Waals surface area contributed by atoms with Gasteiger partial charge < -0.3 is 14.5 Å². The van der Waals surface area contributed by atoms with Crippen molar-refractivity contribution >= 4 is 23.4 Å². The zero-order chi connectivity index (χ0) is 12.0. The normalized spacial score (nSPS) is 17.1. The van der Waals surface area contributed by atoms with E-state index in [1.54, 1.807) is 4.90 Å². The molecule has 0 atom stereocenters. The summed E-state index contributed by atoms with van der Waals surface area (Å²) in [4.78, 5) is 26.2. The van der Waals surface area contributed by atoms with E-state index in [2.05, 4.69) is 0 Å². The van der Waals surface area contributed by atoms with Gasteiger partial charge in [-0.05, 0) is 6.92 Å². The van der Waals surface area contributed by atoms with Gasteiger partial charge in [0.05, 0.1) is 26.3 Å². The third-order valence-electron chi connectivity index (χ3n) is 2.47. The van der Waals surface area contributed by atoms with Crippen LogP contribution in [0.2, 0.25) is 0 Å². The van der Waals surface area contributed by atoms with Crippen molar-refractivity contribution in [1.82, 2.24) is 9.80 Å². The minimum Gasteiger partial charge on any atom is -0.378 e. The van der Waals surface area contributed by atoms with Gasteiger partial charge in [-0.2, -0.15) is 0 Å². The Morgan fingerprint density at radius 2 is 1.81 bits per heavy atom. The molecule has 0 N–H and O–H groups in total. The summed E-state index contributed by atoms with van der Waals surface area (Å²) in [5.41, 5.74) is 0. The first-order chi connectivity index (χ1) is 7.69. The Morgan fingerprint density at radius 1 is 1.19 bits per heavy atom. The van der Waals surface area contributed by atoms with Gasteiger partial charge in [0, 0.05) is 19.0 Å². The number of ether oxygens (including phenoxy) is 1. The molecule has 6 heteroatoms. The summed E-state index contributed by atoms with van der Waals surface area (Å²) >= 11 is 5.45. The van der Waals surface area contributed by atoms with Crippen LogP contribution in [0.1, 0.15) is 6.92 Å². The van der Waals surface area contributed by atoms with E-state index in [4.69, 9.17) is 16.3 Å². The van der Waals surface area contributed by atoms with Crippen LogP contribution >= 0.6 is 11.6 Å². The third-order valence-corrected chi connectivity index (χ3v) is 2.62. The lowest BCUT2D eigenvalue weighted by Crippen LogP contribution is -2.54. The van der Waals surface area contributed by atoms with Crippen LogP contribution < -0.4 is 0 Å². The molecule has 2 amide bonds. The quantitative estimate of drug-likeness (QED) is 0.489. The number of nitrogens with zero attached hydrogens (tertiary/aromatic N) is 2. The molecule has 1 rings (SSSR count). The summed E-state index contributed by atoms with van der Waals surface area (Å²) in [6.07, 6.45) is 0. The van der Waals surface area contributed by atoms with Crippen LogP contribution in [-0.2, 0) is 14.3 Å². The molecule has 0 aromatic rings. The number of carbonyl (C=O) groups excluding carboxylic acids is 2. The first kappa shape index (κ1) is 13.3. The molecular formula is C10H17ClN2O3. The van der Waals surface area contributed by atoms with E-state index < -0.39 is 0 Å². The molecule has 1 aliphatic rings. The van der Waals surface area contributed by atoms with E-state index >= 15 is 0 Å². The molecule has 0 aromatic carbocycles. The topological polar surface area (TPSA) is 49.9 Å². The lowest BCUT2D eigenvalue weighted by Gasteiger charge is -2.33. The summed E-state index contributed by atoms with van der Waals surface area (Å²) in [6, 6.07) is 0. The van der Waals surface area contributed by atoms with E-state index in [0.717, 1.165) is 0 Å². The number of alkyl halides is 1. The fourth-order valence-electron chi connectivity index (χ4n) is 1.53. The molecular weight excluding hydrogens is 232 g/mol. The highest BCUT2D eigenvalue weighted by molar-refractivity contribution is 6.17. The van der Waals surface area contributed by atoms with Gasteiger partial charge in [0.25, 0.3) is 0 Å². The molecule has 92 valence electrons. The van der Waals surface area contributed by atoms with E-state index in [1.165, 1.54) is 4.90 Å². The smallest absolute Gasteiger partial charge is 0.242 e. The number of hydrogen-bond acceptors (Lipinski definition) is 3. The van der Waals surface area contributed by atoms with Crippen molar-refractivity contribution in [2.45, 2.75) is 6.92 Å². The van der Waals surface area contributed by atoms with Crippen molar-refractivity contribution in [1.29, 1.82) is 0 Å². The molecule has 0 spiro atoms. The zero-order valence-corrected chi connectivity index (χ0v) is 10.2. The highest BCUT2D eigenvalue weighted by Crippen LogP contribution is 2.04. The third kappa shape index (κ3) is 3.64. The molecule has 0 saturated carbocycles. The first-order valence-electron chi connectivity index (χ1n) is 5.38. The molecule has 0 aromatic heterocycles. The minimum absolute atomic E-state index is 0.000515. The number of hydrogen-bond donors (Lipinski definition) is 0. The maximum absolute atomic E-state index is 11.6. The number of halogens is 1. The Bertz CT molecular complexity index is 260. The standard InChI is InChI=1S/C10H17ClN2O3/c1-2-12-7-10(15)13(8-9(12)14)4-6-16-5-3-11/h2-8H2,1H3. The van der Waals surface area contributed by atoms with Crippen molar-refractivity contribution in [3.8, 4) is 0 Å². The summed E-state index contributed by atoms with van der Waals surface area (Å²) in [5.74, 6) is 0.423. The SMILES string of the molecule is CCN1CC(=O)N(CCOCCCl)CC1=O. The monoisotopic (exact) mass is 248 g/mol. The second-order valence-corrected chi connectivity index (χ2v) is 3.90. The van der Waals surface area contributed by atoms with Crippen molar-refractivity contribution in [2.75, 3.05) is 45.3 Å². The largest absolute Gasteiger partial charge is 0.378 e. The van der Waals surface area contributed by atoms with Gasteiger partial charge in [0.15, 0.2) is 0 Å². The van der Waals surface area contributed by atoms with E-state index in [1.807, 2.05) is 6.92 Å². The van der Waals surface area contributed by atoms with Crippen LogP contribution in [0.3, 0.4) is 0 Å². The molecule has 5 nitrogen and oxygen atoms in total. The van der Waals surface area contributed by atoms with Crippen molar-refractivity contribution in [2.24, 2.45) is 0 Å². The van der Waals surface area contributed by atoms with Crippen LogP contribution in [0.15, 0.2) is 0 Å². The summed E-state index contributed by atoms with van der Waals surface area (Å²) in [6.45, 7) is 4.16. The number of likely N-dealkylation sites (N-methyl/N-ethyl adjacent to an activating group) is 1. The lowest BCUT2D eigenvalue weighted by molar-refractivity contribution is -0.150. The Morgan fingerprint density at radius 3 is 2.44 bits per heavy atom. The maximum Gasteiger partial charge on any atom is 0.242 e. The van der Waals surface area contributed by atoms with Gasteiger partial charge in [-0.1, -0.05) is 0 Å². The van der Waals surface area contributed by atoms with Crippen LogP contribution in [0, 0.1) is 0 Å². The second kappa shape index (κ2) is 6.70. The fraction of sp³-hybridized carbons (Fsp3) is 0.800.